The van der Waals surface area contributed by atoms with Crippen LogP contribution in [0.5, 0.6) is 0 Å². The minimum atomic E-state index is 0.179. The predicted octanol–water partition coefficient (Wildman–Crippen LogP) is 0.264. The van der Waals surface area contributed by atoms with E-state index in [1.807, 2.05) is 26.1 Å². The van der Waals surface area contributed by atoms with Gasteiger partial charge in [0.25, 0.3) is 0 Å². The SMILES string of the molecule is CCN(C)C(=O)CN1CCN(c2ncccc2N)CC1. The lowest BCUT2D eigenvalue weighted by atomic mass is 10.2. The van der Waals surface area contributed by atoms with Crippen LogP contribution in [-0.2, 0) is 4.79 Å². The summed E-state index contributed by atoms with van der Waals surface area (Å²) in [6.45, 7) is 6.66. The second kappa shape index (κ2) is 6.56. The van der Waals surface area contributed by atoms with Crippen LogP contribution in [0.15, 0.2) is 18.3 Å². The van der Waals surface area contributed by atoms with Gasteiger partial charge in [0.15, 0.2) is 5.82 Å². The molecule has 1 fully saturated rings. The van der Waals surface area contributed by atoms with Crippen molar-refractivity contribution in [1.82, 2.24) is 14.8 Å². The number of nitrogens with zero attached hydrogens (tertiary/aromatic N) is 4. The first-order valence-electron chi connectivity index (χ1n) is 7.03. The molecule has 2 heterocycles. The molecule has 6 nitrogen and oxygen atoms in total. The van der Waals surface area contributed by atoms with Crippen LogP contribution >= 0.6 is 0 Å². The van der Waals surface area contributed by atoms with Gasteiger partial charge in [-0.2, -0.15) is 0 Å². The molecule has 1 aliphatic heterocycles. The molecule has 1 aromatic heterocycles. The van der Waals surface area contributed by atoms with Gasteiger partial charge >= 0.3 is 0 Å². The van der Waals surface area contributed by atoms with Gasteiger partial charge in [0.2, 0.25) is 5.91 Å². The van der Waals surface area contributed by atoms with Gasteiger partial charge < -0.3 is 15.5 Å². The standard InChI is InChI=1S/C14H23N5O/c1-3-17(2)13(20)11-18-7-9-19(10-8-18)14-12(15)5-4-6-16-14/h4-6H,3,7-11,15H2,1-2H3. The lowest BCUT2D eigenvalue weighted by Gasteiger charge is -2.35. The molecule has 110 valence electrons. The molecule has 2 N–H and O–H groups in total. The second-order valence-electron chi connectivity index (χ2n) is 5.09. The van der Waals surface area contributed by atoms with Crippen molar-refractivity contribution in [2.24, 2.45) is 0 Å². The Kier molecular flexibility index (Phi) is 4.79. The number of aromatic nitrogens is 1. The summed E-state index contributed by atoms with van der Waals surface area (Å²) >= 11 is 0. The number of carbonyl (C=O) groups excluding carboxylic acids is 1. The highest BCUT2D eigenvalue weighted by molar-refractivity contribution is 5.78. The van der Waals surface area contributed by atoms with Crippen molar-refractivity contribution >= 4 is 17.4 Å². The topological polar surface area (TPSA) is 65.7 Å². The van der Waals surface area contributed by atoms with E-state index >= 15 is 0 Å². The lowest BCUT2D eigenvalue weighted by Crippen LogP contribution is -2.50. The van der Waals surface area contributed by atoms with Crippen LogP contribution in [0.2, 0.25) is 0 Å². The third-order valence-electron chi connectivity index (χ3n) is 3.75. The maximum Gasteiger partial charge on any atom is 0.236 e. The fourth-order valence-electron chi connectivity index (χ4n) is 2.28. The Morgan fingerprint density at radius 2 is 2.10 bits per heavy atom. The number of piperazine rings is 1. The van der Waals surface area contributed by atoms with E-state index < -0.39 is 0 Å². The molecule has 0 atom stereocenters. The van der Waals surface area contributed by atoms with Crippen molar-refractivity contribution in [3.8, 4) is 0 Å². The number of likely N-dealkylation sites (N-methyl/N-ethyl adjacent to an activating group) is 1. The average molecular weight is 277 g/mol. The van der Waals surface area contributed by atoms with Gasteiger partial charge in [-0.05, 0) is 19.1 Å². The zero-order valence-electron chi connectivity index (χ0n) is 12.2. The maximum atomic E-state index is 11.9. The van der Waals surface area contributed by atoms with Crippen molar-refractivity contribution < 1.29 is 4.79 Å². The van der Waals surface area contributed by atoms with Gasteiger partial charge in [-0.3, -0.25) is 9.69 Å². The number of nitrogen functional groups attached to an aromatic ring is 1. The Hall–Kier alpha value is -1.82. The molecule has 0 saturated carbocycles. The molecule has 0 radical (unpaired) electrons. The van der Waals surface area contributed by atoms with Gasteiger partial charge in [0, 0.05) is 46.0 Å². The number of rotatable bonds is 4. The average Bonchev–Trinajstić information content (AvgIpc) is 2.48. The van der Waals surface area contributed by atoms with E-state index in [-0.39, 0.29) is 5.91 Å². The summed E-state index contributed by atoms with van der Waals surface area (Å²) in [5.41, 5.74) is 6.66. The zero-order chi connectivity index (χ0) is 14.5. The van der Waals surface area contributed by atoms with Crippen LogP contribution in [0.1, 0.15) is 6.92 Å². The maximum absolute atomic E-state index is 11.9. The molecule has 0 spiro atoms. The van der Waals surface area contributed by atoms with Crippen LogP contribution in [0, 0.1) is 0 Å². The first-order valence-corrected chi connectivity index (χ1v) is 7.03. The van der Waals surface area contributed by atoms with Crippen molar-refractivity contribution in [2.45, 2.75) is 6.92 Å². The van der Waals surface area contributed by atoms with Gasteiger partial charge in [-0.25, -0.2) is 4.98 Å². The first-order chi connectivity index (χ1) is 9.61. The predicted molar refractivity (Wildman–Crippen MR) is 80.6 cm³/mol. The summed E-state index contributed by atoms with van der Waals surface area (Å²) < 4.78 is 0. The number of anilines is 2. The molecule has 2 rings (SSSR count). The normalized spacial score (nSPS) is 16.2. The molecule has 1 aliphatic rings. The molecule has 0 aliphatic carbocycles. The van der Waals surface area contributed by atoms with Crippen molar-refractivity contribution in [3.05, 3.63) is 18.3 Å². The smallest absolute Gasteiger partial charge is 0.236 e. The molecule has 1 saturated heterocycles. The highest BCUT2D eigenvalue weighted by atomic mass is 16.2. The summed E-state index contributed by atoms with van der Waals surface area (Å²) in [5.74, 6) is 1.03. The fraction of sp³-hybridized carbons (Fsp3) is 0.571. The number of nitrogens with two attached hydrogens (primary N) is 1. The minimum Gasteiger partial charge on any atom is -0.396 e. The molecule has 1 amide bonds. The van der Waals surface area contributed by atoms with Crippen LogP contribution in [0.25, 0.3) is 0 Å². The van der Waals surface area contributed by atoms with Crippen LogP contribution < -0.4 is 10.6 Å². The van der Waals surface area contributed by atoms with E-state index in [1.165, 1.54) is 0 Å². The molecular formula is C14H23N5O. The minimum absolute atomic E-state index is 0.179. The number of pyridine rings is 1. The number of hydrogen-bond acceptors (Lipinski definition) is 5. The Morgan fingerprint density at radius 1 is 1.40 bits per heavy atom. The summed E-state index contributed by atoms with van der Waals surface area (Å²) in [6, 6.07) is 3.71. The van der Waals surface area contributed by atoms with Crippen LogP contribution in [0.3, 0.4) is 0 Å². The highest BCUT2D eigenvalue weighted by Gasteiger charge is 2.21. The van der Waals surface area contributed by atoms with E-state index in [1.54, 1.807) is 11.1 Å². The number of carbonyl (C=O) groups is 1. The second-order valence-corrected chi connectivity index (χ2v) is 5.09. The van der Waals surface area contributed by atoms with Gasteiger partial charge in [0.05, 0.1) is 12.2 Å². The zero-order valence-corrected chi connectivity index (χ0v) is 12.2. The van der Waals surface area contributed by atoms with Crippen LogP contribution in [0.4, 0.5) is 11.5 Å². The lowest BCUT2D eigenvalue weighted by molar-refractivity contribution is -0.131. The quantitative estimate of drug-likeness (QED) is 0.855. The third kappa shape index (κ3) is 3.39. The summed E-state index contributed by atoms with van der Waals surface area (Å²) in [4.78, 5) is 22.3. The molecule has 0 aromatic carbocycles. The molecule has 0 unspecified atom stereocenters. The molecule has 1 aromatic rings. The monoisotopic (exact) mass is 277 g/mol. The Bertz CT molecular complexity index is 457. The fourth-order valence-corrected chi connectivity index (χ4v) is 2.28. The van der Waals surface area contributed by atoms with Crippen molar-refractivity contribution in [1.29, 1.82) is 0 Å². The summed E-state index contributed by atoms with van der Waals surface area (Å²) in [6.07, 6.45) is 1.76. The van der Waals surface area contributed by atoms with Gasteiger partial charge in [-0.15, -0.1) is 0 Å². The number of hydrogen-bond donors (Lipinski definition) is 1. The Balaban J connectivity index is 1.87. The summed E-state index contributed by atoms with van der Waals surface area (Å²) in [5, 5.41) is 0. The van der Waals surface area contributed by atoms with Crippen molar-refractivity contribution in [3.63, 3.8) is 0 Å². The third-order valence-corrected chi connectivity index (χ3v) is 3.75. The Morgan fingerprint density at radius 3 is 2.70 bits per heavy atom. The molecule has 20 heavy (non-hydrogen) atoms. The van der Waals surface area contributed by atoms with Gasteiger partial charge in [-0.1, -0.05) is 0 Å². The van der Waals surface area contributed by atoms with Gasteiger partial charge in [0.1, 0.15) is 0 Å². The Labute approximate surface area is 120 Å². The van der Waals surface area contributed by atoms with E-state index in [0.29, 0.717) is 12.2 Å². The molecule has 0 bridgehead atoms. The van der Waals surface area contributed by atoms with E-state index in [4.69, 9.17) is 5.73 Å². The molecular weight excluding hydrogens is 254 g/mol. The molecule has 6 heteroatoms. The van der Waals surface area contributed by atoms with E-state index in [2.05, 4.69) is 14.8 Å². The summed E-state index contributed by atoms with van der Waals surface area (Å²) in [7, 11) is 1.84. The first kappa shape index (κ1) is 14.6. The van der Waals surface area contributed by atoms with Crippen molar-refractivity contribution in [2.75, 3.05) is 56.9 Å². The van der Waals surface area contributed by atoms with Crippen LogP contribution in [-0.4, -0.2) is 67.0 Å². The van der Waals surface area contributed by atoms with E-state index in [0.717, 1.165) is 38.5 Å². The largest absolute Gasteiger partial charge is 0.396 e. The van der Waals surface area contributed by atoms with E-state index in [9.17, 15) is 4.79 Å². The number of amides is 1. The highest BCUT2D eigenvalue weighted by Crippen LogP contribution is 2.20.